The summed E-state index contributed by atoms with van der Waals surface area (Å²) in [6, 6.07) is 8.60. The molecule has 0 amide bonds. The highest BCUT2D eigenvalue weighted by Crippen LogP contribution is 2.31. The molecular formula is C14H14F3NS. The lowest BCUT2D eigenvalue weighted by Gasteiger charge is -2.12. The minimum atomic E-state index is -4.30. The van der Waals surface area contributed by atoms with E-state index < -0.39 is 11.7 Å². The third-order valence-electron chi connectivity index (χ3n) is 2.93. The Bertz CT molecular complexity index is 543. The molecule has 1 heterocycles. The molecule has 0 bridgehead atoms. The van der Waals surface area contributed by atoms with Crippen molar-refractivity contribution in [2.45, 2.75) is 25.6 Å². The van der Waals surface area contributed by atoms with Crippen LogP contribution < -0.4 is 5.73 Å². The van der Waals surface area contributed by atoms with E-state index in [2.05, 4.69) is 6.92 Å². The Balaban J connectivity index is 2.22. The Morgan fingerprint density at radius 1 is 1.11 bits per heavy atom. The van der Waals surface area contributed by atoms with Crippen LogP contribution in [-0.4, -0.2) is 0 Å². The number of nitrogens with two attached hydrogens (primary N) is 1. The molecule has 1 nitrogen and oxygen atoms in total. The maximum Gasteiger partial charge on any atom is 0.416 e. The van der Waals surface area contributed by atoms with Crippen LogP contribution in [0.2, 0.25) is 0 Å². The van der Waals surface area contributed by atoms with Gasteiger partial charge >= 0.3 is 6.18 Å². The molecule has 0 aliphatic rings. The maximum atomic E-state index is 12.5. The molecule has 19 heavy (non-hydrogen) atoms. The number of aryl methyl sites for hydroxylation is 1. The number of thiophene rings is 1. The Labute approximate surface area is 113 Å². The molecule has 2 aromatic rings. The Morgan fingerprint density at radius 3 is 2.21 bits per heavy atom. The Kier molecular flexibility index (Phi) is 3.96. The van der Waals surface area contributed by atoms with Crippen molar-refractivity contribution >= 4 is 11.3 Å². The summed E-state index contributed by atoms with van der Waals surface area (Å²) in [5, 5.41) is 0. The molecule has 0 saturated heterocycles. The summed E-state index contributed by atoms with van der Waals surface area (Å²) in [5.41, 5.74) is 6.12. The van der Waals surface area contributed by atoms with E-state index in [0.717, 1.165) is 23.4 Å². The van der Waals surface area contributed by atoms with Gasteiger partial charge in [-0.15, -0.1) is 11.3 Å². The van der Waals surface area contributed by atoms with Gasteiger partial charge in [0.2, 0.25) is 0 Å². The zero-order valence-corrected chi connectivity index (χ0v) is 11.2. The van der Waals surface area contributed by atoms with Crippen molar-refractivity contribution in [3.05, 3.63) is 57.3 Å². The summed E-state index contributed by atoms with van der Waals surface area (Å²) < 4.78 is 37.4. The molecule has 5 heteroatoms. The minimum absolute atomic E-state index is 0.368. The van der Waals surface area contributed by atoms with Crippen LogP contribution in [-0.2, 0) is 12.6 Å². The predicted octanol–water partition coefficient (Wildman–Crippen LogP) is 4.38. The zero-order valence-electron chi connectivity index (χ0n) is 10.4. The van der Waals surface area contributed by atoms with Crippen molar-refractivity contribution in [2.24, 2.45) is 5.73 Å². The van der Waals surface area contributed by atoms with Gasteiger partial charge in [0.1, 0.15) is 0 Å². The van der Waals surface area contributed by atoms with E-state index in [1.165, 1.54) is 17.0 Å². The highest BCUT2D eigenvalue weighted by molar-refractivity contribution is 7.12. The van der Waals surface area contributed by atoms with E-state index in [0.29, 0.717) is 5.56 Å². The monoisotopic (exact) mass is 285 g/mol. The summed E-state index contributed by atoms with van der Waals surface area (Å²) in [7, 11) is 0. The van der Waals surface area contributed by atoms with Crippen LogP contribution in [0.3, 0.4) is 0 Å². The third-order valence-corrected chi connectivity index (χ3v) is 4.25. The molecule has 0 radical (unpaired) electrons. The molecule has 0 aliphatic heterocycles. The summed E-state index contributed by atoms with van der Waals surface area (Å²) in [6.07, 6.45) is -3.37. The predicted molar refractivity (Wildman–Crippen MR) is 71.2 cm³/mol. The topological polar surface area (TPSA) is 26.0 Å². The maximum absolute atomic E-state index is 12.5. The van der Waals surface area contributed by atoms with E-state index in [1.54, 1.807) is 11.3 Å². The van der Waals surface area contributed by atoms with Gasteiger partial charge in [0.25, 0.3) is 0 Å². The first-order valence-corrected chi connectivity index (χ1v) is 6.75. The van der Waals surface area contributed by atoms with Crippen LogP contribution in [0.4, 0.5) is 13.2 Å². The fourth-order valence-corrected chi connectivity index (χ4v) is 2.78. The zero-order chi connectivity index (χ0) is 14.0. The molecule has 2 rings (SSSR count). The van der Waals surface area contributed by atoms with E-state index in [1.807, 2.05) is 12.1 Å². The number of hydrogen-bond donors (Lipinski definition) is 1. The number of benzene rings is 1. The second kappa shape index (κ2) is 5.35. The minimum Gasteiger partial charge on any atom is -0.320 e. The first-order chi connectivity index (χ1) is 8.91. The number of alkyl halides is 3. The van der Waals surface area contributed by atoms with Gasteiger partial charge in [-0.3, -0.25) is 0 Å². The van der Waals surface area contributed by atoms with Crippen LogP contribution in [0, 0.1) is 0 Å². The van der Waals surface area contributed by atoms with Crippen molar-refractivity contribution < 1.29 is 13.2 Å². The third kappa shape index (κ3) is 3.16. The van der Waals surface area contributed by atoms with Gasteiger partial charge in [0, 0.05) is 9.75 Å². The summed E-state index contributed by atoms with van der Waals surface area (Å²) in [5.74, 6) is 0. The van der Waals surface area contributed by atoms with Crippen molar-refractivity contribution in [3.8, 4) is 0 Å². The van der Waals surface area contributed by atoms with Crippen LogP contribution in [0.15, 0.2) is 36.4 Å². The highest BCUT2D eigenvalue weighted by Gasteiger charge is 2.30. The fraction of sp³-hybridized carbons (Fsp3) is 0.286. The molecular weight excluding hydrogens is 271 g/mol. The lowest BCUT2D eigenvalue weighted by atomic mass is 10.0. The van der Waals surface area contributed by atoms with Crippen LogP contribution in [0.5, 0.6) is 0 Å². The smallest absolute Gasteiger partial charge is 0.320 e. The van der Waals surface area contributed by atoms with Gasteiger partial charge in [0.05, 0.1) is 11.6 Å². The molecule has 102 valence electrons. The van der Waals surface area contributed by atoms with Gasteiger partial charge in [-0.05, 0) is 36.2 Å². The summed E-state index contributed by atoms with van der Waals surface area (Å²) >= 11 is 1.60. The van der Waals surface area contributed by atoms with Crippen molar-refractivity contribution in [2.75, 3.05) is 0 Å². The summed E-state index contributed by atoms with van der Waals surface area (Å²) in [6.45, 7) is 2.05. The van der Waals surface area contributed by atoms with Crippen LogP contribution in [0.25, 0.3) is 0 Å². The number of hydrogen-bond acceptors (Lipinski definition) is 2. The quantitative estimate of drug-likeness (QED) is 0.890. The lowest BCUT2D eigenvalue weighted by Crippen LogP contribution is -2.11. The first-order valence-electron chi connectivity index (χ1n) is 5.93. The molecule has 2 N–H and O–H groups in total. The molecule has 0 saturated carbocycles. The van der Waals surface area contributed by atoms with Gasteiger partial charge in [-0.1, -0.05) is 19.1 Å². The molecule has 1 aromatic carbocycles. The molecule has 1 unspecified atom stereocenters. The summed E-state index contributed by atoms with van der Waals surface area (Å²) in [4.78, 5) is 2.19. The average molecular weight is 285 g/mol. The molecule has 1 atom stereocenters. The largest absolute Gasteiger partial charge is 0.416 e. The molecule has 0 aliphatic carbocycles. The highest BCUT2D eigenvalue weighted by atomic mass is 32.1. The van der Waals surface area contributed by atoms with E-state index in [-0.39, 0.29) is 6.04 Å². The van der Waals surface area contributed by atoms with E-state index >= 15 is 0 Å². The lowest BCUT2D eigenvalue weighted by molar-refractivity contribution is -0.137. The SMILES string of the molecule is CCc1ccc(C(N)c2ccc(C(F)(F)F)cc2)s1. The van der Waals surface area contributed by atoms with Crippen LogP contribution in [0.1, 0.15) is 33.8 Å². The normalized spacial score (nSPS) is 13.5. The first kappa shape index (κ1) is 14.1. The second-order valence-corrected chi connectivity index (χ2v) is 5.45. The standard InChI is InChI=1S/C14H14F3NS/c1-2-11-7-8-12(19-11)13(18)9-3-5-10(6-4-9)14(15,16)17/h3-8,13H,2,18H2,1H3. The van der Waals surface area contributed by atoms with Gasteiger partial charge in [0.15, 0.2) is 0 Å². The number of halogens is 3. The van der Waals surface area contributed by atoms with Crippen molar-refractivity contribution in [1.29, 1.82) is 0 Å². The van der Waals surface area contributed by atoms with Gasteiger partial charge in [-0.2, -0.15) is 13.2 Å². The second-order valence-electron chi connectivity index (χ2n) is 4.26. The van der Waals surface area contributed by atoms with Crippen LogP contribution >= 0.6 is 11.3 Å². The Hall–Kier alpha value is -1.33. The van der Waals surface area contributed by atoms with Gasteiger partial charge in [-0.25, -0.2) is 0 Å². The molecule has 1 aromatic heterocycles. The molecule has 0 fully saturated rings. The number of rotatable bonds is 3. The van der Waals surface area contributed by atoms with E-state index in [4.69, 9.17) is 5.73 Å². The van der Waals surface area contributed by atoms with Crippen molar-refractivity contribution in [1.82, 2.24) is 0 Å². The van der Waals surface area contributed by atoms with Crippen molar-refractivity contribution in [3.63, 3.8) is 0 Å². The molecule has 0 spiro atoms. The Morgan fingerprint density at radius 2 is 1.74 bits per heavy atom. The van der Waals surface area contributed by atoms with Gasteiger partial charge < -0.3 is 5.73 Å². The average Bonchev–Trinajstić information content (AvgIpc) is 2.86. The van der Waals surface area contributed by atoms with E-state index in [9.17, 15) is 13.2 Å². The fourth-order valence-electron chi connectivity index (χ4n) is 1.80.